The van der Waals surface area contributed by atoms with Crippen molar-refractivity contribution in [2.24, 2.45) is 0 Å². The highest BCUT2D eigenvalue weighted by Gasteiger charge is 2.35. The fraction of sp³-hybridized carbons (Fsp3) is 0.174. The highest BCUT2D eigenvalue weighted by Crippen LogP contribution is 2.37. The second-order valence-electron chi connectivity index (χ2n) is 6.34. The SMILES string of the molecule is CCC(=O)c1ccc(OCc2ccc(-c3ccccc3)cc2)c(C(F)(F)F)c1. The Morgan fingerprint density at radius 2 is 1.54 bits per heavy atom. The molecular weight excluding hydrogens is 365 g/mol. The van der Waals surface area contributed by atoms with Crippen LogP contribution in [0.4, 0.5) is 13.2 Å². The highest BCUT2D eigenvalue weighted by atomic mass is 19.4. The van der Waals surface area contributed by atoms with E-state index in [1.54, 1.807) is 6.92 Å². The minimum atomic E-state index is -4.60. The van der Waals surface area contributed by atoms with Gasteiger partial charge in [-0.2, -0.15) is 13.2 Å². The summed E-state index contributed by atoms with van der Waals surface area (Å²) in [6, 6.07) is 20.7. The van der Waals surface area contributed by atoms with Gasteiger partial charge in [0.25, 0.3) is 0 Å². The van der Waals surface area contributed by atoms with Gasteiger partial charge >= 0.3 is 6.18 Å². The van der Waals surface area contributed by atoms with Crippen LogP contribution in [-0.4, -0.2) is 5.78 Å². The van der Waals surface area contributed by atoms with E-state index in [-0.39, 0.29) is 30.1 Å². The minimum Gasteiger partial charge on any atom is -0.488 e. The number of hydrogen-bond acceptors (Lipinski definition) is 2. The summed E-state index contributed by atoms with van der Waals surface area (Å²) in [5, 5.41) is 0. The van der Waals surface area contributed by atoms with Crippen molar-refractivity contribution in [2.45, 2.75) is 26.1 Å². The molecule has 144 valence electrons. The second-order valence-corrected chi connectivity index (χ2v) is 6.34. The lowest BCUT2D eigenvalue weighted by Gasteiger charge is -2.15. The Morgan fingerprint density at radius 3 is 2.14 bits per heavy atom. The third-order valence-electron chi connectivity index (χ3n) is 4.38. The van der Waals surface area contributed by atoms with Crippen molar-refractivity contribution in [1.82, 2.24) is 0 Å². The highest BCUT2D eigenvalue weighted by molar-refractivity contribution is 5.96. The standard InChI is InChI=1S/C23H19F3O2/c1-2-21(27)19-12-13-22(20(14-19)23(24,25)26)28-15-16-8-10-18(11-9-16)17-6-4-3-5-7-17/h3-14H,2,15H2,1H3. The van der Waals surface area contributed by atoms with Gasteiger partial charge in [-0.25, -0.2) is 0 Å². The third-order valence-corrected chi connectivity index (χ3v) is 4.38. The summed E-state index contributed by atoms with van der Waals surface area (Å²) in [6.07, 6.45) is -4.46. The molecule has 5 heteroatoms. The summed E-state index contributed by atoms with van der Waals surface area (Å²) in [5.74, 6) is -0.624. The zero-order valence-corrected chi connectivity index (χ0v) is 15.3. The van der Waals surface area contributed by atoms with Crippen molar-refractivity contribution < 1.29 is 22.7 Å². The number of carbonyl (C=O) groups is 1. The molecule has 0 aromatic heterocycles. The van der Waals surface area contributed by atoms with Crippen LogP contribution in [0.1, 0.15) is 34.8 Å². The van der Waals surface area contributed by atoms with Crippen molar-refractivity contribution >= 4 is 5.78 Å². The number of benzene rings is 3. The summed E-state index contributed by atoms with van der Waals surface area (Å²) < 4.78 is 45.5. The topological polar surface area (TPSA) is 26.3 Å². The van der Waals surface area contributed by atoms with Crippen molar-refractivity contribution in [3.05, 3.63) is 89.5 Å². The zero-order chi connectivity index (χ0) is 20.1. The first kappa shape index (κ1) is 19.7. The molecule has 3 aromatic carbocycles. The number of hydrogen-bond donors (Lipinski definition) is 0. The molecule has 3 aromatic rings. The predicted molar refractivity (Wildman–Crippen MR) is 102 cm³/mol. The summed E-state index contributed by atoms with van der Waals surface area (Å²) in [6.45, 7) is 1.61. The van der Waals surface area contributed by atoms with Gasteiger partial charge in [0.1, 0.15) is 12.4 Å². The van der Waals surface area contributed by atoms with Crippen molar-refractivity contribution in [3.8, 4) is 16.9 Å². The van der Waals surface area contributed by atoms with Crippen molar-refractivity contribution in [1.29, 1.82) is 0 Å². The van der Waals surface area contributed by atoms with Gasteiger partial charge in [-0.15, -0.1) is 0 Å². The van der Waals surface area contributed by atoms with Gasteiger partial charge in [0.2, 0.25) is 0 Å². The van der Waals surface area contributed by atoms with Gasteiger partial charge in [0, 0.05) is 12.0 Å². The Kier molecular flexibility index (Phi) is 5.83. The van der Waals surface area contributed by atoms with Crippen LogP contribution in [0.2, 0.25) is 0 Å². The van der Waals surface area contributed by atoms with Crippen LogP contribution in [0.25, 0.3) is 11.1 Å². The Labute approximate surface area is 161 Å². The number of carbonyl (C=O) groups excluding carboxylic acids is 1. The molecule has 28 heavy (non-hydrogen) atoms. The molecule has 0 atom stereocenters. The van der Waals surface area contributed by atoms with Crippen LogP contribution in [0, 0.1) is 0 Å². The molecule has 0 bridgehead atoms. The van der Waals surface area contributed by atoms with Gasteiger partial charge in [-0.3, -0.25) is 4.79 Å². The molecule has 0 N–H and O–H groups in total. The number of rotatable bonds is 6. The quantitative estimate of drug-likeness (QED) is 0.451. The number of Topliss-reactive ketones (excluding diaryl/α,β-unsaturated/α-hetero) is 1. The van der Waals surface area contributed by atoms with Crippen molar-refractivity contribution in [2.75, 3.05) is 0 Å². The number of ketones is 1. The molecule has 0 fully saturated rings. The number of ether oxygens (including phenoxy) is 1. The molecule has 0 unspecified atom stereocenters. The smallest absolute Gasteiger partial charge is 0.419 e. The molecule has 0 aliphatic carbocycles. The van der Waals surface area contributed by atoms with E-state index in [2.05, 4.69) is 0 Å². The van der Waals surface area contributed by atoms with E-state index >= 15 is 0 Å². The molecule has 0 saturated heterocycles. The predicted octanol–water partition coefficient (Wildman–Crippen LogP) is 6.54. The van der Waals surface area contributed by atoms with Gasteiger partial charge in [-0.1, -0.05) is 61.5 Å². The molecule has 0 radical (unpaired) electrons. The molecule has 2 nitrogen and oxygen atoms in total. The lowest BCUT2D eigenvalue weighted by atomic mass is 10.0. The second kappa shape index (κ2) is 8.30. The molecule has 3 rings (SSSR count). The molecule has 0 aliphatic rings. The maximum absolute atomic E-state index is 13.4. The molecule has 0 amide bonds. The van der Waals surface area contributed by atoms with Crippen LogP contribution in [0.3, 0.4) is 0 Å². The first-order valence-electron chi connectivity index (χ1n) is 8.90. The first-order chi connectivity index (χ1) is 13.4. The minimum absolute atomic E-state index is 0.000773. The van der Waals surface area contributed by atoms with Crippen LogP contribution >= 0.6 is 0 Å². The average Bonchev–Trinajstić information content (AvgIpc) is 2.72. The fourth-order valence-corrected chi connectivity index (χ4v) is 2.84. The summed E-state index contributed by atoms with van der Waals surface area (Å²) in [5.41, 5.74) is 1.93. The monoisotopic (exact) mass is 384 g/mol. The van der Waals surface area contributed by atoms with E-state index in [0.29, 0.717) is 0 Å². The molecular formula is C23H19F3O2. The zero-order valence-electron chi connectivity index (χ0n) is 15.3. The van der Waals surface area contributed by atoms with Crippen LogP contribution in [0.5, 0.6) is 5.75 Å². The van der Waals surface area contributed by atoms with E-state index in [1.165, 1.54) is 12.1 Å². The van der Waals surface area contributed by atoms with Crippen LogP contribution in [0.15, 0.2) is 72.8 Å². The maximum Gasteiger partial charge on any atom is 0.419 e. The lowest BCUT2D eigenvalue weighted by molar-refractivity contribution is -0.139. The average molecular weight is 384 g/mol. The van der Waals surface area contributed by atoms with E-state index in [9.17, 15) is 18.0 Å². The maximum atomic E-state index is 13.4. The van der Waals surface area contributed by atoms with E-state index in [1.807, 2.05) is 54.6 Å². The normalized spacial score (nSPS) is 11.3. The molecule has 0 saturated carbocycles. The van der Waals surface area contributed by atoms with E-state index in [4.69, 9.17) is 4.74 Å². The van der Waals surface area contributed by atoms with Crippen molar-refractivity contribution in [3.63, 3.8) is 0 Å². The third kappa shape index (κ3) is 4.60. The largest absolute Gasteiger partial charge is 0.488 e. The number of halogens is 3. The fourth-order valence-electron chi connectivity index (χ4n) is 2.84. The Bertz CT molecular complexity index is 946. The molecule has 0 aliphatic heterocycles. The van der Waals surface area contributed by atoms with Gasteiger partial charge in [-0.05, 0) is 34.9 Å². The van der Waals surface area contributed by atoms with Gasteiger partial charge in [0.15, 0.2) is 5.78 Å². The Balaban J connectivity index is 1.77. The lowest BCUT2D eigenvalue weighted by Crippen LogP contribution is -2.11. The van der Waals surface area contributed by atoms with E-state index < -0.39 is 11.7 Å². The summed E-state index contributed by atoms with van der Waals surface area (Å²) >= 11 is 0. The van der Waals surface area contributed by atoms with Crippen LogP contribution in [-0.2, 0) is 12.8 Å². The molecule has 0 spiro atoms. The summed E-state index contributed by atoms with van der Waals surface area (Å²) in [7, 11) is 0. The summed E-state index contributed by atoms with van der Waals surface area (Å²) in [4.78, 5) is 11.7. The number of alkyl halides is 3. The molecule has 0 heterocycles. The Hall–Kier alpha value is -3.08. The first-order valence-corrected chi connectivity index (χ1v) is 8.90. The van der Waals surface area contributed by atoms with Crippen LogP contribution < -0.4 is 4.74 Å². The van der Waals surface area contributed by atoms with Gasteiger partial charge < -0.3 is 4.74 Å². The van der Waals surface area contributed by atoms with E-state index in [0.717, 1.165) is 22.8 Å². The Morgan fingerprint density at radius 1 is 0.893 bits per heavy atom. The van der Waals surface area contributed by atoms with Gasteiger partial charge in [0.05, 0.1) is 5.56 Å².